The van der Waals surface area contributed by atoms with Crippen LogP contribution >= 0.6 is 11.3 Å². The van der Waals surface area contributed by atoms with Crippen molar-refractivity contribution in [2.24, 2.45) is 0 Å². The Morgan fingerprint density at radius 3 is 2.82 bits per heavy atom. The second kappa shape index (κ2) is 6.87. The Balaban J connectivity index is 2.16. The molecule has 118 valence electrons. The van der Waals surface area contributed by atoms with Gasteiger partial charge in [-0.3, -0.25) is 10.1 Å². The number of benzene rings is 1. The third-order valence-electron chi connectivity index (χ3n) is 3.37. The van der Waals surface area contributed by atoms with Crippen LogP contribution in [0.1, 0.15) is 18.1 Å². The molecule has 0 saturated heterocycles. The molecular formula is C15H18N2O4S. The minimum absolute atomic E-state index is 0.0159. The normalized spacial score (nSPS) is 13.6. The minimum Gasteiger partial charge on any atom is -0.384 e. The molecule has 1 heterocycles. The fraction of sp³-hybridized carbons (Fsp3) is 0.333. The van der Waals surface area contributed by atoms with Crippen LogP contribution in [0.4, 0.5) is 11.4 Å². The molecule has 0 spiro atoms. The summed E-state index contributed by atoms with van der Waals surface area (Å²) >= 11 is 1.52. The maximum atomic E-state index is 10.8. The number of thiophene rings is 1. The second-order valence-corrected chi connectivity index (χ2v) is 5.95. The van der Waals surface area contributed by atoms with E-state index < -0.39 is 10.5 Å². The highest BCUT2D eigenvalue weighted by Gasteiger charge is 2.23. The Labute approximate surface area is 132 Å². The lowest BCUT2D eigenvalue weighted by molar-refractivity contribution is -0.384. The number of nitro benzene ring substituents is 1. The number of ether oxygens (including phenoxy) is 1. The molecule has 1 aromatic heterocycles. The van der Waals surface area contributed by atoms with Crippen LogP contribution in [0.2, 0.25) is 0 Å². The molecule has 0 aliphatic rings. The Morgan fingerprint density at radius 1 is 1.45 bits per heavy atom. The van der Waals surface area contributed by atoms with Gasteiger partial charge in [-0.15, -0.1) is 0 Å². The Hall–Kier alpha value is -1.96. The van der Waals surface area contributed by atoms with E-state index in [1.165, 1.54) is 30.6 Å². The Kier molecular flexibility index (Phi) is 5.12. The molecule has 0 aliphatic carbocycles. The zero-order valence-corrected chi connectivity index (χ0v) is 13.2. The number of methoxy groups -OCH3 is 1. The van der Waals surface area contributed by atoms with Gasteiger partial charge in [0.1, 0.15) is 5.60 Å². The number of rotatable bonds is 7. The van der Waals surface area contributed by atoms with Crippen molar-refractivity contribution in [1.82, 2.24) is 0 Å². The van der Waals surface area contributed by atoms with Crippen molar-refractivity contribution in [3.8, 4) is 0 Å². The van der Waals surface area contributed by atoms with Gasteiger partial charge in [-0.2, -0.15) is 11.3 Å². The van der Waals surface area contributed by atoms with Gasteiger partial charge in [0.2, 0.25) is 0 Å². The topological polar surface area (TPSA) is 84.6 Å². The lowest BCUT2D eigenvalue weighted by Gasteiger charge is -2.24. The molecule has 6 nitrogen and oxygen atoms in total. The van der Waals surface area contributed by atoms with E-state index in [0.717, 1.165) is 5.56 Å². The number of anilines is 1. The summed E-state index contributed by atoms with van der Waals surface area (Å²) in [4.78, 5) is 10.4. The van der Waals surface area contributed by atoms with Gasteiger partial charge < -0.3 is 15.2 Å². The molecule has 2 aromatic rings. The molecule has 2 rings (SSSR count). The quantitative estimate of drug-likeness (QED) is 0.604. The highest BCUT2D eigenvalue weighted by molar-refractivity contribution is 7.08. The Morgan fingerprint density at radius 2 is 2.23 bits per heavy atom. The summed E-state index contributed by atoms with van der Waals surface area (Å²) in [7, 11) is 1.53. The zero-order chi connectivity index (χ0) is 16.2. The summed E-state index contributed by atoms with van der Waals surface area (Å²) in [5.41, 5.74) is 1.22. The maximum absolute atomic E-state index is 10.8. The number of nitrogens with one attached hydrogen (secondary N) is 1. The molecule has 0 saturated carbocycles. The van der Waals surface area contributed by atoms with E-state index in [4.69, 9.17) is 4.74 Å². The summed E-state index contributed by atoms with van der Waals surface area (Å²) in [6, 6.07) is 6.42. The number of nitro groups is 1. The first-order valence-corrected chi connectivity index (χ1v) is 7.63. The average molecular weight is 322 g/mol. The third-order valence-corrected chi connectivity index (χ3v) is 4.05. The van der Waals surface area contributed by atoms with Crippen molar-refractivity contribution in [3.05, 3.63) is 56.3 Å². The van der Waals surface area contributed by atoms with Crippen LogP contribution in [0.15, 0.2) is 35.0 Å². The van der Waals surface area contributed by atoms with Gasteiger partial charge in [0.15, 0.2) is 0 Å². The fourth-order valence-corrected chi connectivity index (χ4v) is 2.86. The van der Waals surface area contributed by atoms with Gasteiger partial charge in [-0.25, -0.2) is 0 Å². The van der Waals surface area contributed by atoms with E-state index in [1.807, 2.05) is 16.8 Å². The molecule has 7 heteroatoms. The Bertz CT molecular complexity index is 641. The highest BCUT2D eigenvalue weighted by Crippen LogP contribution is 2.27. The first kappa shape index (κ1) is 16.4. The number of hydrogen-bond donors (Lipinski definition) is 2. The molecule has 0 bridgehead atoms. The number of non-ortho nitro benzene ring substituents is 1. The van der Waals surface area contributed by atoms with Crippen LogP contribution in [0, 0.1) is 10.1 Å². The number of hydrogen-bond acceptors (Lipinski definition) is 6. The third kappa shape index (κ3) is 3.82. The van der Waals surface area contributed by atoms with Crippen molar-refractivity contribution in [3.63, 3.8) is 0 Å². The lowest BCUT2D eigenvalue weighted by atomic mass is 9.99. The van der Waals surface area contributed by atoms with Crippen LogP contribution in [0.25, 0.3) is 0 Å². The largest absolute Gasteiger partial charge is 0.384 e. The monoisotopic (exact) mass is 322 g/mol. The van der Waals surface area contributed by atoms with Crippen LogP contribution in [-0.4, -0.2) is 23.7 Å². The van der Waals surface area contributed by atoms with Crippen molar-refractivity contribution in [2.75, 3.05) is 19.0 Å². The summed E-state index contributed by atoms with van der Waals surface area (Å²) < 4.78 is 5.08. The highest BCUT2D eigenvalue weighted by atomic mass is 32.1. The summed E-state index contributed by atoms with van der Waals surface area (Å²) in [6.45, 7) is 2.27. The van der Waals surface area contributed by atoms with Gasteiger partial charge in [0, 0.05) is 37.0 Å². The summed E-state index contributed by atoms with van der Waals surface area (Å²) in [5.74, 6) is 0. The zero-order valence-electron chi connectivity index (χ0n) is 12.4. The van der Waals surface area contributed by atoms with E-state index in [1.54, 1.807) is 13.0 Å². The van der Waals surface area contributed by atoms with Gasteiger partial charge >= 0.3 is 0 Å². The molecule has 1 atom stereocenters. The number of nitrogens with zero attached hydrogens (tertiary/aromatic N) is 1. The number of aliphatic hydroxyl groups is 1. The molecule has 1 aromatic carbocycles. The molecular weight excluding hydrogens is 304 g/mol. The lowest BCUT2D eigenvalue weighted by Crippen LogP contribution is -2.30. The summed E-state index contributed by atoms with van der Waals surface area (Å²) in [6.07, 6.45) is 0. The molecule has 22 heavy (non-hydrogen) atoms. The van der Waals surface area contributed by atoms with E-state index in [0.29, 0.717) is 11.3 Å². The standard InChI is InChI=1S/C15H18N2O4S/c1-15(18,12-5-6-22-9-12)10-16-14-4-3-13(17(19)20)7-11(14)8-21-2/h3-7,9,16,18H,8,10H2,1-2H3. The second-order valence-electron chi connectivity index (χ2n) is 5.17. The van der Waals surface area contributed by atoms with Crippen molar-refractivity contribution in [2.45, 2.75) is 19.1 Å². The fourth-order valence-electron chi connectivity index (χ4n) is 2.08. The maximum Gasteiger partial charge on any atom is 0.269 e. The molecule has 1 unspecified atom stereocenters. The smallest absolute Gasteiger partial charge is 0.269 e. The SMILES string of the molecule is COCc1cc([N+](=O)[O-])ccc1NCC(C)(O)c1ccsc1. The van der Waals surface area contributed by atoms with E-state index >= 15 is 0 Å². The molecule has 0 radical (unpaired) electrons. The van der Waals surface area contributed by atoms with Crippen LogP contribution in [0.3, 0.4) is 0 Å². The first-order valence-electron chi connectivity index (χ1n) is 6.69. The predicted octanol–water partition coefficient (Wildman–Crippen LogP) is 3.12. The van der Waals surface area contributed by atoms with Crippen molar-refractivity contribution < 1.29 is 14.8 Å². The van der Waals surface area contributed by atoms with Crippen LogP contribution in [-0.2, 0) is 16.9 Å². The van der Waals surface area contributed by atoms with Gasteiger partial charge in [-0.05, 0) is 35.4 Å². The summed E-state index contributed by atoms with van der Waals surface area (Å²) in [5, 5.41) is 28.3. The molecule has 0 amide bonds. The predicted molar refractivity (Wildman–Crippen MR) is 86.2 cm³/mol. The first-order chi connectivity index (χ1) is 10.4. The van der Waals surface area contributed by atoms with E-state index in [-0.39, 0.29) is 18.8 Å². The van der Waals surface area contributed by atoms with Gasteiger partial charge in [0.25, 0.3) is 5.69 Å². The molecule has 0 fully saturated rings. The molecule has 2 N–H and O–H groups in total. The van der Waals surface area contributed by atoms with Crippen molar-refractivity contribution >= 4 is 22.7 Å². The van der Waals surface area contributed by atoms with Crippen LogP contribution in [0.5, 0.6) is 0 Å². The average Bonchev–Trinajstić information content (AvgIpc) is 3.01. The molecule has 0 aliphatic heterocycles. The van der Waals surface area contributed by atoms with Crippen molar-refractivity contribution in [1.29, 1.82) is 0 Å². The van der Waals surface area contributed by atoms with Gasteiger partial charge in [-0.1, -0.05) is 0 Å². The van der Waals surface area contributed by atoms with Crippen LogP contribution < -0.4 is 5.32 Å². The van der Waals surface area contributed by atoms with E-state index in [2.05, 4.69) is 5.32 Å². The van der Waals surface area contributed by atoms with Gasteiger partial charge in [0.05, 0.1) is 11.5 Å². The minimum atomic E-state index is -1.02. The van der Waals surface area contributed by atoms with E-state index in [9.17, 15) is 15.2 Å².